The maximum absolute atomic E-state index is 13.0. The van der Waals surface area contributed by atoms with Gasteiger partial charge in [-0.3, -0.25) is 9.36 Å². The van der Waals surface area contributed by atoms with Gasteiger partial charge in [-0.15, -0.1) is 0 Å². The molecule has 0 spiro atoms. The van der Waals surface area contributed by atoms with E-state index in [0.717, 1.165) is 55.2 Å². The van der Waals surface area contributed by atoms with Crippen LogP contribution in [0.1, 0.15) is 61.4 Å². The highest BCUT2D eigenvalue weighted by Gasteiger charge is 2.26. The molecular formula is C36H47N9O5SSi. The molecule has 52 heavy (non-hydrogen) atoms. The Labute approximate surface area is 308 Å². The molecule has 1 fully saturated rings. The van der Waals surface area contributed by atoms with E-state index in [-0.39, 0.29) is 17.3 Å². The molecule has 0 bridgehead atoms. The number of ether oxygens (including phenoxy) is 1. The summed E-state index contributed by atoms with van der Waals surface area (Å²) in [5.41, 5.74) is 4.92. The number of hydrogen-bond acceptors (Lipinski definition) is 11. The standard InChI is InChI=1S/C36H47N9O5SSi/c1-22-17-24(9-10-25(22)23(2)40-31(46)32-41-34(42-50-32)36(3,4)5)29-26-18-27(45(30(26)39-20-38-29)21-49-15-16-52(6,7)8)33-37-19-28(51-33)43-11-13-44(14-12-43)35(47)48/h9-10,17-20,23H,11-16,21H2,1-8H3,(H,40,46)(H,47,48). The van der Waals surface area contributed by atoms with Crippen LogP contribution in [0.5, 0.6) is 0 Å². The van der Waals surface area contributed by atoms with Crippen molar-refractivity contribution in [1.29, 1.82) is 0 Å². The number of anilines is 1. The average molecular weight is 746 g/mol. The third-order valence-corrected chi connectivity index (χ3v) is 11.9. The number of rotatable bonds is 11. The van der Waals surface area contributed by atoms with E-state index in [2.05, 4.69) is 56.7 Å². The van der Waals surface area contributed by atoms with Gasteiger partial charge in [-0.05, 0) is 43.2 Å². The fraction of sp³-hybridized carbons (Fsp3) is 0.472. The maximum Gasteiger partial charge on any atom is 0.407 e. The fourth-order valence-corrected chi connectivity index (χ4v) is 7.80. The van der Waals surface area contributed by atoms with Crippen molar-refractivity contribution in [2.45, 2.75) is 78.5 Å². The van der Waals surface area contributed by atoms with Gasteiger partial charge in [0.2, 0.25) is 0 Å². The Bertz CT molecular complexity index is 2070. The van der Waals surface area contributed by atoms with E-state index in [1.807, 2.05) is 52.9 Å². The van der Waals surface area contributed by atoms with Gasteiger partial charge in [0, 0.05) is 57.2 Å². The summed E-state index contributed by atoms with van der Waals surface area (Å²) < 4.78 is 13.6. The molecule has 0 radical (unpaired) electrons. The van der Waals surface area contributed by atoms with Gasteiger partial charge in [-0.2, -0.15) is 4.98 Å². The zero-order valence-corrected chi connectivity index (χ0v) is 32.9. The number of carbonyl (C=O) groups is 2. The molecule has 0 saturated carbocycles. The average Bonchev–Trinajstić information content (AvgIpc) is 3.85. The normalized spacial score (nSPS) is 14.6. The molecule has 1 aliphatic rings. The highest BCUT2D eigenvalue weighted by Crippen LogP contribution is 2.37. The lowest BCUT2D eigenvalue weighted by atomic mass is 9.96. The third-order valence-electron chi connectivity index (χ3n) is 9.13. The minimum Gasteiger partial charge on any atom is -0.465 e. The number of carboxylic acid groups (broad SMARTS) is 1. The van der Waals surface area contributed by atoms with Crippen molar-refractivity contribution in [2.75, 3.05) is 37.7 Å². The summed E-state index contributed by atoms with van der Waals surface area (Å²) in [6.45, 7) is 19.9. The van der Waals surface area contributed by atoms with Gasteiger partial charge in [-0.1, -0.05) is 69.0 Å². The van der Waals surface area contributed by atoms with Gasteiger partial charge < -0.3 is 29.5 Å². The number of nitrogens with zero attached hydrogens (tertiary/aromatic N) is 8. The summed E-state index contributed by atoms with van der Waals surface area (Å²) in [7, 11) is -1.29. The SMILES string of the molecule is Cc1cc(-c2ncnc3c2cc(-c2ncc(N4CCN(C(=O)O)CC4)s2)n3COCC[Si](C)(C)C)ccc1C(C)NC(=O)c1nc(C(C)(C)C)no1. The zero-order chi connectivity index (χ0) is 37.4. The van der Waals surface area contributed by atoms with Crippen molar-refractivity contribution in [3.05, 3.63) is 59.6 Å². The summed E-state index contributed by atoms with van der Waals surface area (Å²) >= 11 is 1.57. The predicted octanol–water partition coefficient (Wildman–Crippen LogP) is 6.81. The van der Waals surface area contributed by atoms with Crippen LogP contribution < -0.4 is 10.2 Å². The molecule has 1 aromatic carbocycles. The van der Waals surface area contributed by atoms with Gasteiger partial charge >= 0.3 is 17.9 Å². The molecule has 1 atom stereocenters. The maximum atomic E-state index is 13.0. The highest BCUT2D eigenvalue weighted by molar-refractivity contribution is 7.18. The molecule has 2 N–H and O–H groups in total. The van der Waals surface area contributed by atoms with Gasteiger partial charge in [0.25, 0.3) is 0 Å². The number of amides is 2. The smallest absolute Gasteiger partial charge is 0.407 e. The first kappa shape index (κ1) is 37.1. The molecule has 0 aliphatic carbocycles. The fourth-order valence-electron chi connectivity index (χ4n) is 6.05. The van der Waals surface area contributed by atoms with Crippen molar-refractivity contribution in [3.8, 4) is 22.0 Å². The van der Waals surface area contributed by atoms with Crippen molar-refractivity contribution in [3.63, 3.8) is 0 Å². The van der Waals surface area contributed by atoms with Crippen molar-refractivity contribution in [1.82, 2.24) is 39.9 Å². The molecule has 14 nitrogen and oxygen atoms in total. The number of thiazole rings is 1. The van der Waals surface area contributed by atoms with E-state index >= 15 is 0 Å². The molecule has 16 heteroatoms. The molecule has 4 aromatic heterocycles. The number of nitrogens with one attached hydrogen (secondary N) is 1. The Kier molecular flexibility index (Phi) is 10.5. The number of piperazine rings is 1. The van der Waals surface area contributed by atoms with Crippen LogP contribution in [0.3, 0.4) is 0 Å². The van der Waals surface area contributed by atoms with Crippen LogP contribution in [0.15, 0.2) is 41.3 Å². The van der Waals surface area contributed by atoms with Gasteiger partial charge in [0.1, 0.15) is 28.7 Å². The Hall–Kier alpha value is -4.67. The molecule has 1 unspecified atom stereocenters. The summed E-state index contributed by atoms with van der Waals surface area (Å²) in [5, 5.41) is 19.0. The van der Waals surface area contributed by atoms with Gasteiger partial charge in [0.15, 0.2) is 5.82 Å². The second-order valence-corrected chi connectivity index (χ2v) is 22.1. The van der Waals surface area contributed by atoms with E-state index in [1.54, 1.807) is 17.7 Å². The van der Waals surface area contributed by atoms with Crippen LogP contribution in [0, 0.1) is 6.92 Å². The first-order chi connectivity index (χ1) is 24.6. The highest BCUT2D eigenvalue weighted by atomic mass is 32.1. The summed E-state index contributed by atoms with van der Waals surface area (Å²) in [4.78, 5) is 46.6. The van der Waals surface area contributed by atoms with E-state index in [4.69, 9.17) is 24.2 Å². The lowest BCUT2D eigenvalue weighted by Gasteiger charge is -2.33. The van der Waals surface area contributed by atoms with Gasteiger partial charge in [0.05, 0.1) is 23.6 Å². The first-order valence-corrected chi connectivity index (χ1v) is 22.0. The number of hydrogen-bond donors (Lipinski definition) is 2. The summed E-state index contributed by atoms with van der Waals surface area (Å²) in [6, 6.07) is 8.90. The molecule has 5 aromatic rings. The van der Waals surface area contributed by atoms with Crippen LogP contribution in [0.4, 0.5) is 9.80 Å². The zero-order valence-electron chi connectivity index (χ0n) is 31.1. The van der Waals surface area contributed by atoms with E-state index in [1.165, 1.54) is 4.90 Å². The third kappa shape index (κ3) is 8.18. The van der Waals surface area contributed by atoms with Crippen molar-refractivity contribution in [2.24, 2.45) is 0 Å². The van der Waals surface area contributed by atoms with Crippen LogP contribution in [0.25, 0.3) is 33.0 Å². The first-order valence-electron chi connectivity index (χ1n) is 17.5. The quantitative estimate of drug-likeness (QED) is 0.108. The number of aryl methyl sites for hydroxylation is 1. The van der Waals surface area contributed by atoms with Gasteiger partial charge in [-0.25, -0.2) is 19.7 Å². The number of aromatic nitrogens is 6. The molecular weight excluding hydrogens is 699 g/mol. The number of benzene rings is 1. The lowest BCUT2D eigenvalue weighted by Crippen LogP contribution is -2.48. The molecule has 6 rings (SSSR count). The molecule has 1 aliphatic heterocycles. The lowest BCUT2D eigenvalue weighted by molar-refractivity contribution is 0.0894. The van der Waals surface area contributed by atoms with E-state index < -0.39 is 20.1 Å². The Morgan fingerprint density at radius 1 is 1.10 bits per heavy atom. The van der Waals surface area contributed by atoms with Crippen molar-refractivity contribution >= 4 is 47.4 Å². The monoisotopic (exact) mass is 745 g/mol. The summed E-state index contributed by atoms with van der Waals surface area (Å²) in [6.07, 6.45) is 2.56. The Balaban J connectivity index is 1.28. The minimum absolute atomic E-state index is 0.0627. The van der Waals surface area contributed by atoms with Crippen LogP contribution >= 0.6 is 11.3 Å². The van der Waals surface area contributed by atoms with Crippen molar-refractivity contribution < 1.29 is 24.0 Å². The van der Waals surface area contributed by atoms with E-state index in [0.29, 0.717) is 45.3 Å². The second-order valence-electron chi connectivity index (χ2n) is 15.5. The molecule has 1 saturated heterocycles. The van der Waals surface area contributed by atoms with E-state index in [9.17, 15) is 14.7 Å². The predicted molar refractivity (Wildman–Crippen MR) is 204 cm³/mol. The second kappa shape index (κ2) is 14.8. The summed E-state index contributed by atoms with van der Waals surface area (Å²) in [5.74, 6) is -0.0129. The largest absolute Gasteiger partial charge is 0.465 e. The molecule has 5 heterocycles. The van der Waals surface area contributed by atoms with Crippen LogP contribution in [-0.2, 0) is 16.9 Å². The van der Waals surface area contributed by atoms with Crippen LogP contribution in [0.2, 0.25) is 25.7 Å². The van der Waals surface area contributed by atoms with Crippen LogP contribution in [-0.4, -0.2) is 92.5 Å². The number of fused-ring (bicyclic) bond motifs is 1. The minimum atomic E-state index is -1.29. The topological polar surface area (TPSA) is 165 Å². The Morgan fingerprint density at radius 3 is 2.50 bits per heavy atom. The molecule has 2 amide bonds. The Morgan fingerprint density at radius 2 is 1.85 bits per heavy atom. The molecule has 276 valence electrons. The number of carbonyl (C=O) groups excluding carboxylic acids is 1.